The SMILES string of the molecule is CCCOCc1nc(C)c(C(C)CNC(C)(C)C)c(C)n1. The molecule has 0 aromatic carbocycles. The van der Waals surface area contributed by atoms with Crippen molar-refractivity contribution in [3.63, 3.8) is 0 Å². The van der Waals surface area contributed by atoms with E-state index in [2.05, 4.69) is 63.8 Å². The van der Waals surface area contributed by atoms with Gasteiger partial charge >= 0.3 is 0 Å². The standard InChI is InChI=1S/C17H31N3O/c1-8-9-21-11-15-19-13(3)16(14(4)20-15)12(2)10-18-17(5,6)7/h12,18H,8-11H2,1-7H3. The number of aryl methyl sites for hydroxylation is 2. The number of aromatic nitrogens is 2. The van der Waals surface area contributed by atoms with Crippen molar-refractivity contribution < 1.29 is 4.74 Å². The van der Waals surface area contributed by atoms with Gasteiger partial charge in [-0.15, -0.1) is 0 Å². The van der Waals surface area contributed by atoms with E-state index in [1.54, 1.807) is 0 Å². The zero-order valence-electron chi connectivity index (χ0n) is 14.7. The molecule has 1 unspecified atom stereocenters. The summed E-state index contributed by atoms with van der Waals surface area (Å²) in [6.07, 6.45) is 1.02. The van der Waals surface area contributed by atoms with Crippen LogP contribution in [0.4, 0.5) is 0 Å². The highest BCUT2D eigenvalue weighted by Gasteiger charge is 2.17. The van der Waals surface area contributed by atoms with Crippen molar-refractivity contribution in [1.29, 1.82) is 0 Å². The van der Waals surface area contributed by atoms with Gasteiger partial charge in [-0.05, 0) is 52.5 Å². The Morgan fingerprint density at radius 3 is 2.19 bits per heavy atom. The minimum absolute atomic E-state index is 0.130. The quantitative estimate of drug-likeness (QED) is 0.782. The van der Waals surface area contributed by atoms with Gasteiger partial charge in [0.2, 0.25) is 0 Å². The topological polar surface area (TPSA) is 47.0 Å². The largest absolute Gasteiger partial charge is 0.373 e. The van der Waals surface area contributed by atoms with E-state index in [9.17, 15) is 0 Å². The van der Waals surface area contributed by atoms with Gasteiger partial charge < -0.3 is 10.1 Å². The van der Waals surface area contributed by atoms with E-state index in [-0.39, 0.29) is 5.54 Å². The van der Waals surface area contributed by atoms with E-state index in [1.807, 2.05) is 0 Å². The van der Waals surface area contributed by atoms with Crippen LogP contribution in [-0.2, 0) is 11.3 Å². The predicted molar refractivity (Wildman–Crippen MR) is 87.6 cm³/mol. The highest BCUT2D eigenvalue weighted by molar-refractivity contribution is 5.28. The third kappa shape index (κ3) is 6.10. The second-order valence-electron chi connectivity index (χ2n) is 6.81. The van der Waals surface area contributed by atoms with Crippen LogP contribution >= 0.6 is 0 Å². The Balaban J connectivity index is 2.79. The Morgan fingerprint density at radius 1 is 1.14 bits per heavy atom. The maximum absolute atomic E-state index is 5.53. The molecule has 1 heterocycles. The molecule has 1 atom stereocenters. The smallest absolute Gasteiger partial charge is 0.154 e. The zero-order chi connectivity index (χ0) is 16.0. The molecule has 0 fully saturated rings. The van der Waals surface area contributed by atoms with E-state index >= 15 is 0 Å². The first kappa shape index (κ1) is 18.1. The number of hydrogen-bond donors (Lipinski definition) is 1. The Morgan fingerprint density at radius 2 is 1.71 bits per heavy atom. The molecule has 21 heavy (non-hydrogen) atoms. The average molecular weight is 293 g/mol. The molecular formula is C17H31N3O. The van der Waals surface area contributed by atoms with Crippen molar-refractivity contribution >= 4 is 0 Å². The van der Waals surface area contributed by atoms with Crippen molar-refractivity contribution in [3.8, 4) is 0 Å². The van der Waals surface area contributed by atoms with Crippen molar-refractivity contribution in [2.75, 3.05) is 13.2 Å². The average Bonchev–Trinajstić information content (AvgIpc) is 2.35. The van der Waals surface area contributed by atoms with Crippen LogP contribution in [0.5, 0.6) is 0 Å². The van der Waals surface area contributed by atoms with Crippen molar-refractivity contribution in [3.05, 3.63) is 22.8 Å². The van der Waals surface area contributed by atoms with Crippen LogP contribution in [-0.4, -0.2) is 28.7 Å². The molecule has 0 bridgehead atoms. The molecule has 4 heteroatoms. The van der Waals surface area contributed by atoms with Gasteiger partial charge in [0, 0.05) is 30.1 Å². The molecular weight excluding hydrogens is 262 g/mol. The third-order valence-corrected chi connectivity index (χ3v) is 3.38. The maximum atomic E-state index is 5.53. The van der Waals surface area contributed by atoms with Crippen LogP contribution in [0.3, 0.4) is 0 Å². The fraction of sp³-hybridized carbons (Fsp3) is 0.765. The van der Waals surface area contributed by atoms with Crippen LogP contribution in [0.15, 0.2) is 0 Å². The molecule has 1 aromatic heterocycles. The molecule has 1 aromatic rings. The van der Waals surface area contributed by atoms with Gasteiger partial charge in [-0.3, -0.25) is 0 Å². The number of hydrogen-bond acceptors (Lipinski definition) is 4. The number of nitrogens with one attached hydrogen (secondary N) is 1. The highest BCUT2D eigenvalue weighted by Crippen LogP contribution is 2.21. The third-order valence-electron chi connectivity index (χ3n) is 3.38. The summed E-state index contributed by atoms with van der Waals surface area (Å²) in [7, 11) is 0. The fourth-order valence-electron chi connectivity index (χ4n) is 2.44. The van der Waals surface area contributed by atoms with Gasteiger partial charge in [0.1, 0.15) is 6.61 Å². The summed E-state index contributed by atoms with van der Waals surface area (Å²) in [5, 5.41) is 3.55. The molecule has 120 valence electrons. The summed E-state index contributed by atoms with van der Waals surface area (Å²) in [6, 6.07) is 0. The predicted octanol–water partition coefficient (Wildman–Crippen LogP) is 3.51. The molecule has 1 N–H and O–H groups in total. The highest BCUT2D eigenvalue weighted by atomic mass is 16.5. The molecule has 0 spiro atoms. The Bertz CT molecular complexity index is 429. The van der Waals surface area contributed by atoms with E-state index in [0.29, 0.717) is 12.5 Å². The second-order valence-corrected chi connectivity index (χ2v) is 6.81. The molecule has 0 aliphatic carbocycles. The maximum Gasteiger partial charge on any atom is 0.154 e. The van der Waals surface area contributed by atoms with E-state index < -0.39 is 0 Å². The summed E-state index contributed by atoms with van der Waals surface area (Å²) in [5.41, 5.74) is 3.53. The first-order valence-electron chi connectivity index (χ1n) is 7.91. The lowest BCUT2D eigenvalue weighted by molar-refractivity contribution is 0.115. The van der Waals surface area contributed by atoms with Gasteiger partial charge in [0.25, 0.3) is 0 Å². The molecule has 4 nitrogen and oxygen atoms in total. The lowest BCUT2D eigenvalue weighted by Gasteiger charge is -2.25. The summed E-state index contributed by atoms with van der Waals surface area (Å²) in [5.74, 6) is 1.19. The molecule has 0 saturated heterocycles. The molecule has 0 aliphatic heterocycles. The molecule has 0 radical (unpaired) electrons. The van der Waals surface area contributed by atoms with Crippen molar-refractivity contribution in [2.24, 2.45) is 0 Å². The van der Waals surface area contributed by atoms with E-state index in [1.165, 1.54) is 5.56 Å². The molecule has 0 aliphatic rings. The first-order chi connectivity index (χ1) is 9.74. The van der Waals surface area contributed by atoms with Crippen LogP contribution in [0.2, 0.25) is 0 Å². The molecule has 0 amide bonds. The van der Waals surface area contributed by atoms with Crippen LogP contribution in [0, 0.1) is 13.8 Å². The number of nitrogens with zero attached hydrogens (tertiary/aromatic N) is 2. The van der Waals surface area contributed by atoms with Gasteiger partial charge in [-0.25, -0.2) is 9.97 Å². The van der Waals surface area contributed by atoms with Crippen LogP contribution in [0.25, 0.3) is 0 Å². The monoisotopic (exact) mass is 293 g/mol. The van der Waals surface area contributed by atoms with Gasteiger partial charge in [0.15, 0.2) is 5.82 Å². The summed E-state index contributed by atoms with van der Waals surface area (Å²) >= 11 is 0. The number of ether oxygens (including phenoxy) is 1. The molecule has 0 saturated carbocycles. The minimum Gasteiger partial charge on any atom is -0.373 e. The number of rotatable bonds is 7. The first-order valence-corrected chi connectivity index (χ1v) is 7.91. The van der Waals surface area contributed by atoms with E-state index in [4.69, 9.17) is 4.74 Å². The summed E-state index contributed by atoms with van der Waals surface area (Å²) in [4.78, 5) is 9.21. The second kappa shape index (κ2) is 7.85. The lowest BCUT2D eigenvalue weighted by atomic mass is 9.96. The van der Waals surface area contributed by atoms with Crippen molar-refractivity contribution in [1.82, 2.24) is 15.3 Å². The van der Waals surface area contributed by atoms with E-state index in [0.717, 1.165) is 36.8 Å². The normalized spacial score (nSPS) is 13.5. The van der Waals surface area contributed by atoms with Crippen LogP contribution in [0.1, 0.15) is 69.7 Å². The Labute approximate surface area is 129 Å². The lowest BCUT2D eigenvalue weighted by Crippen LogP contribution is -2.38. The zero-order valence-corrected chi connectivity index (χ0v) is 14.7. The van der Waals surface area contributed by atoms with Gasteiger partial charge in [-0.1, -0.05) is 13.8 Å². The molecule has 1 rings (SSSR count). The van der Waals surface area contributed by atoms with Gasteiger partial charge in [-0.2, -0.15) is 0 Å². The van der Waals surface area contributed by atoms with Crippen molar-refractivity contribution in [2.45, 2.75) is 73.0 Å². The summed E-state index contributed by atoms with van der Waals surface area (Å²) in [6.45, 7) is 17.2. The Hall–Kier alpha value is -1.00. The van der Waals surface area contributed by atoms with Crippen LogP contribution < -0.4 is 5.32 Å². The minimum atomic E-state index is 0.130. The van der Waals surface area contributed by atoms with Gasteiger partial charge in [0.05, 0.1) is 0 Å². The Kier molecular flexibility index (Phi) is 6.75. The fourth-order valence-corrected chi connectivity index (χ4v) is 2.44. The summed E-state index contributed by atoms with van der Waals surface area (Å²) < 4.78 is 5.53.